The number of anilines is 1. The number of nitrogens with zero attached hydrogens (tertiary/aromatic N) is 2. The highest BCUT2D eigenvalue weighted by molar-refractivity contribution is 8.18. The van der Waals surface area contributed by atoms with Crippen LogP contribution in [-0.2, 0) is 4.79 Å². The van der Waals surface area contributed by atoms with Crippen molar-refractivity contribution in [2.45, 2.75) is 0 Å². The Morgan fingerprint density at radius 1 is 1.25 bits per heavy atom. The van der Waals surface area contributed by atoms with E-state index in [0.29, 0.717) is 18.0 Å². The van der Waals surface area contributed by atoms with Gasteiger partial charge < -0.3 is 10.6 Å². The fraction of sp³-hybridized carbons (Fsp3) is 0.286. The van der Waals surface area contributed by atoms with Gasteiger partial charge in [-0.1, -0.05) is 12.1 Å². The topological polar surface area (TPSA) is 68.3 Å². The van der Waals surface area contributed by atoms with Crippen molar-refractivity contribution in [2.24, 2.45) is 0 Å². The van der Waals surface area contributed by atoms with E-state index in [9.17, 15) is 9.59 Å². The fourth-order valence-corrected chi connectivity index (χ4v) is 2.74. The summed E-state index contributed by atoms with van der Waals surface area (Å²) in [6.45, 7) is 0.907. The Kier molecular flexibility index (Phi) is 4.46. The maximum atomic E-state index is 12.1. The first-order valence-electron chi connectivity index (χ1n) is 6.35. The van der Waals surface area contributed by atoms with E-state index in [2.05, 4.69) is 5.73 Å². The molecule has 5 nitrogen and oxygen atoms in total. The summed E-state index contributed by atoms with van der Waals surface area (Å²) in [5.41, 5.74) is 5.68. The number of thioether (sulfide) groups is 1. The van der Waals surface area contributed by atoms with Crippen molar-refractivity contribution < 1.29 is 15.3 Å². The molecule has 0 aliphatic carbocycles. The predicted molar refractivity (Wildman–Crippen MR) is 81.2 cm³/mol. The summed E-state index contributed by atoms with van der Waals surface area (Å²) < 4.78 is 0. The maximum absolute atomic E-state index is 12.1. The van der Waals surface area contributed by atoms with Gasteiger partial charge in [-0.15, -0.1) is 0 Å². The molecule has 2 rings (SSSR count). The molecule has 1 aromatic carbocycles. The highest BCUT2D eigenvalue weighted by Crippen LogP contribution is 2.31. The smallest absolute Gasteiger partial charge is 0.293 e. The quantitative estimate of drug-likeness (QED) is 0.842. The summed E-state index contributed by atoms with van der Waals surface area (Å²) >= 11 is 0.987. The summed E-state index contributed by atoms with van der Waals surface area (Å²) in [6.07, 6.45) is 1.76. The lowest BCUT2D eigenvalue weighted by Gasteiger charge is -2.11. The Hall–Kier alpha value is -1.79. The van der Waals surface area contributed by atoms with Gasteiger partial charge in [0, 0.05) is 19.8 Å². The number of carbonyl (C=O) groups is 2. The van der Waals surface area contributed by atoms with Gasteiger partial charge in [-0.05, 0) is 35.5 Å². The van der Waals surface area contributed by atoms with Gasteiger partial charge in [0.15, 0.2) is 0 Å². The molecule has 1 aliphatic heterocycles. The number of quaternary nitrogens is 1. The van der Waals surface area contributed by atoms with E-state index in [1.807, 2.05) is 43.3 Å². The van der Waals surface area contributed by atoms with E-state index >= 15 is 0 Å². The lowest BCUT2D eigenvalue weighted by Crippen LogP contribution is -2.55. The van der Waals surface area contributed by atoms with Crippen molar-refractivity contribution in [3.8, 4) is 0 Å². The molecule has 1 heterocycles. The minimum atomic E-state index is -0.222. The third-order valence-corrected chi connectivity index (χ3v) is 3.87. The molecule has 1 saturated heterocycles. The van der Waals surface area contributed by atoms with E-state index in [1.54, 1.807) is 6.08 Å². The Morgan fingerprint density at radius 2 is 1.90 bits per heavy atom. The average Bonchev–Trinajstić information content (AvgIpc) is 2.67. The number of rotatable bonds is 4. The molecule has 0 aromatic heterocycles. The normalized spacial score (nSPS) is 17.1. The van der Waals surface area contributed by atoms with Gasteiger partial charge in [0.25, 0.3) is 11.1 Å². The fourth-order valence-electron chi connectivity index (χ4n) is 1.87. The van der Waals surface area contributed by atoms with Gasteiger partial charge in [-0.3, -0.25) is 14.5 Å². The average molecular weight is 292 g/mol. The van der Waals surface area contributed by atoms with Crippen LogP contribution in [0.15, 0.2) is 29.2 Å². The zero-order chi connectivity index (χ0) is 14.7. The third-order valence-electron chi connectivity index (χ3n) is 2.96. The van der Waals surface area contributed by atoms with E-state index in [1.165, 1.54) is 4.90 Å². The summed E-state index contributed by atoms with van der Waals surface area (Å²) in [5.74, 6) is -0.222. The second-order valence-corrected chi connectivity index (χ2v) is 5.67. The zero-order valence-electron chi connectivity index (χ0n) is 11.6. The molecule has 106 valence electrons. The van der Waals surface area contributed by atoms with Crippen LogP contribution < -0.4 is 10.6 Å². The van der Waals surface area contributed by atoms with Gasteiger partial charge in [0.1, 0.15) is 0 Å². The van der Waals surface area contributed by atoms with Gasteiger partial charge >= 0.3 is 0 Å². The van der Waals surface area contributed by atoms with E-state index < -0.39 is 0 Å². The first-order valence-corrected chi connectivity index (χ1v) is 7.16. The van der Waals surface area contributed by atoms with Gasteiger partial charge in [0.05, 0.1) is 18.0 Å². The molecule has 0 atom stereocenters. The van der Waals surface area contributed by atoms with Crippen molar-refractivity contribution in [3.63, 3.8) is 0 Å². The summed E-state index contributed by atoms with van der Waals surface area (Å²) in [4.78, 5) is 27.5. The van der Waals surface area contributed by atoms with E-state index in [-0.39, 0.29) is 11.1 Å². The second kappa shape index (κ2) is 6.11. The van der Waals surface area contributed by atoms with Crippen LogP contribution in [0.25, 0.3) is 6.08 Å². The van der Waals surface area contributed by atoms with Crippen LogP contribution in [0.4, 0.5) is 10.5 Å². The zero-order valence-corrected chi connectivity index (χ0v) is 12.4. The SMILES string of the molecule is CN(C)c1ccc(C=C2SC(=O)N(CC[NH3+])C2=O)cc1. The minimum absolute atomic E-state index is 0.213. The van der Waals surface area contributed by atoms with Crippen molar-refractivity contribution in [3.05, 3.63) is 34.7 Å². The van der Waals surface area contributed by atoms with Crippen LogP contribution in [0.1, 0.15) is 5.56 Å². The van der Waals surface area contributed by atoms with Crippen molar-refractivity contribution in [2.75, 3.05) is 32.1 Å². The van der Waals surface area contributed by atoms with Crippen LogP contribution in [0.2, 0.25) is 0 Å². The first-order chi connectivity index (χ1) is 9.52. The molecule has 6 heteroatoms. The number of amides is 2. The predicted octanol–water partition coefficient (Wildman–Crippen LogP) is 1.03. The molecule has 2 amide bonds. The lowest BCUT2D eigenvalue weighted by atomic mass is 10.2. The number of hydrogen-bond donors (Lipinski definition) is 1. The number of hydrogen-bond acceptors (Lipinski definition) is 4. The standard InChI is InChI=1S/C14H17N3O2S/c1-16(2)11-5-3-10(4-6-11)9-12-13(18)17(8-7-15)14(19)20-12/h3-6,9H,7-8,15H2,1-2H3/p+1. The highest BCUT2D eigenvalue weighted by Gasteiger charge is 2.34. The molecule has 20 heavy (non-hydrogen) atoms. The van der Waals surface area contributed by atoms with Crippen LogP contribution in [0.3, 0.4) is 0 Å². The molecule has 1 fully saturated rings. The van der Waals surface area contributed by atoms with Crippen LogP contribution in [0.5, 0.6) is 0 Å². The van der Waals surface area contributed by atoms with Crippen LogP contribution >= 0.6 is 11.8 Å². The number of carbonyl (C=O) groups excluding carboxylic acids is 2. The monoisotopic (exact) mass is 292 g/mol. The van der Waals surface area contributed by atoms with Gasteiger partial charge in [0.2, 0.25) is 0 Å². The van der Waals surface area contributed by atoms with Crippen LogP contribution in [0, 0.1) is 0 Å². The Morgan fingerprint density at radius 3 is 2.45 bits per heavy atom. The molecule has 3 N–H and O–H groups in total. The van der Waals surface area contributed by atoms with Gasteiger partial charge in [-0.25, -0.2) is 0 Å². The van der Waals surface area contributed by atoms with Crippen molar-refractivity contribution >= 4 is 34.7 Å². The Balaban J connectivity index is 2.19. The molecule has 0 unspecified atom stereocenters. The van der Waals surface area contributed by atoms with Crippen molar-refractivity contribution in [1.29, 1.82) is 0 Å². The molecule has 0 saturated carbocycles. The molecule has 1 aliphatic rings. The number of benzene rings is 1. The first kappa shape index (κ1) is 14.6. The second-order valence-electron chi connectivity index (χ2n) is 4.67. The molecule has 1 aromatic rings. The van der Waals surface area contributed by atoms with E-state index in [4.69, 9.17) is 0 Å². The molecule has 0 bridgehead atoms. The molecule has 0 spiro atoms. The molecular weight excluding hydrogens is 274 g/mol. The number of imide groups is 1. The minimum Gasteiger partial charge on any atom is -0.378 e. The molecule has 0 radical (unpaired) electrons. The maximum Gasteiger partial charge on any atom is 0.293 e. The van der Waals surface area contributed by atoms with Crippen LogP contribution in [-0.4, -0.2) is 43.2 Å². The summed E-state index contributed by atoms with van der Waals surface area (Å²) in [7, 11) is 3.94. The third kappa shape index (κ3) is 3.02. The summed E-state index contributed by atoms with van der Waals surface area (Å²) in [6, 6.07) is 7.83. The largest absolute Gasteiger partial charge is 0.378 e. The highest BCUT2D eigenvalue weighted by atomic mass is 32.2. The molecular formula is C14H18N3O2S+. The van der Waals surface area contributed by atoms with Crippen molar-refractivity contribution in [1.82, 2.24) is 4.90 Å². The Bertz CT molecular complexity index is 552. The lowest BCUT2D eigenvalue weighted by molar-refractivity contribution is -0.367. The van der Waals surface area contributed by atoms with Gasteiger partial charge in [-0.2, -0.15) is 0 Å². The Labute approximate surface area is 122 Å². The van der Waals surface area contributed by atoms with E-state index in [0.717, 1.165) is 23.0 Å². The summed E-state index contributed by atoms with van der Waals surface area (Å²) in [5, 5.41) is -0.213.